The molecule has 4 rings (SSSR count). The Morgan fingerprint density at radius 1 is 1.03 bits per heavy atom. The van der Waals surface area contributed by atoms with Crippen LogP contribution in [-0.2, 0) is 6.61 Å². The third-order valence-corrected chi connectivity index (χ3v) is 6.62. The van der Waals surface area contributed by atoms with Gasteiger partial charge in [0.05, 0.1) is 20.2 Å². The van der Waals surface area contributed by atoms with Crippen LogP contribution in [0, 0.1) is 0 Å². The number of hydrazone groups is 1. The fraction of sp³-hybridized carbons (Fsp3) is 0.0435. The van der Waals surface area contributed by atoms with Gasteiger partial charge in [0.1, 0.15) is 12.2 Å². The van der Waals surface area contributed by atoms with Gasteiger partial charge in [-0.05, 0) is 85.5 Å². The summed E-state index contributed by atoms with van der Waals surface area (Å²) in [5.74, 6) is 0.177. The van der Waals surface area contributed by atoms with Crippen molar-refractivity contribution in [3.8, 4) is 5.75 Å². The van der Waals surface area contributed by atoms with E-state index in [-0.39, 0.29) is 5.76 Å². The van der Waals surface area contributed by atoms with Crippen LogP contribution >= 0.6 is 71.0 Å². The van der Waals surface area contributed by atoms with Gasteiger partial charge in [-0.25, -0.2) is 5.43 Å². The molecule has 0 aliphatic carbocycles. The number of hydrogen-bond donors (Lipinski definition) is 1. The lowest BCUT2D eigenvalue weighted by atomic mass is 10.2. The Labute approximate surface area is 224 Å². The lowest BCUT2D eigenvalue weighted by molar-refractivity contribution is 0.0929. The molecular weight excluding hydrogens is 663 g/mol. The molecule has 0 atom stereocenters. The molecule has 0 unspecified atom stereocenters. The molecule has 33 heavy (non-hydrogen) atoms. The maximum Gasteiger partial charge on any atom is 0.307 e. The summed E-state index contributed by atoms with van der Waals surface area (Å²) in [5, 5.41) is 5.85. The number of hydrogen-bond acceptors (Lipinski definition) is 4. The van der Waals surface area contributed by atoms with Crippen LogP contribution in [0.4, 0.5) is 0 Å². The lowest BCUT2D eigenvalue weighted by Crippen LogP contribution is -2.16. The molecule has 0 aliphatic rings. The number of carbonyl (C=O) groups is 1. The molecule has 4 aromatic rings. The Kier molecular flexibility index (Phi) is 7.81. The van der Waals surface area contributed by atoms with Gasteiger partial charge < -0.3 is 9.15 Å². The van der Waals surface area contributed by atoms with E-state index >= 15 is 0 Å². The first-order valence-corrected chi connectivity index (χ1v) is 12.5. The van der Waals surface area contributed by atoms with Crippen molar-refractivity contribution in [2.75, 3.05) is 0 Å². The van der Waals surface area contributed by atoms with Gasteiger partial charge >= 0.3 is 5.91 Å². The van der Waals surface area contributed by atoms with Crippen molar-refractivity contribution >= 4 is 94.1 Å². The van der Waals surface area contributed by atoms with Crippen LogP contribution in [0.15, 0.2) is 77.5 Å². The van der Waals surface area contributed by atoms with Gasteiger partial charge in [0.25, 0.3) is 0 Å². The van der Waals surface area contributed by atoms with Crippen molar-refractivity contribution < 1.29 is 13.9 Å². The van der Waals surface area contributed by atoms with Crippen molar-refractivity contribution in [2.24, 2.45) is 5.10 Å². The van der Waals surface area contributed by atoms with Crippen molar-refractivity contribution in [1.82, 2.24) is 5.43 Å². The minimum absolute atomic E-state index is 0.145. The number of rotatable bonds is 6. The summed E-state index contributed by atoms with van der Waals surface area (Å²) in [6.45, 7) is 0.336. The molecule has 0 radical (unpaired) electrons. The Balaban J connectivity index is 1.42. The van der Waals surface area contributed by atoms with E-state index in [1.54, 1.807) is 30.3 Å². The third kappa shape index (κ3) is 6.00. The first-order valence-electron chi connectivity index (χ1n) is 9.38. The maximum atomic E-state index is 12.4. The van der Waals surface area contributed by atoms with E-state index in [4.69, 9.17) is 32.4 Å². The highest BCUT2D eigenvalue weighted by Gasteiger charge is 2.14. The molecule has 0 saturated heterocycles. The topological polar surface area (TPSA) is 63.8 Å². The highest BCUT2D eigenvalue weighted by molar-refractivity contribution is 9.11. The average molecular weight is 676 g/mol. The van der Waals surface area contributed by atoms with E-state index in [1.165, 1.54) is 6.21 Å². The molecule has 0 spiro atoms. The predicted octanol–water partition coefficient (Wildman–Crippen LogP) is 8.37. The van der Waals surface area contributed by atoms with Crippen molar-refractivity contribution in [3.05, 3.63) is 94.9 Å². The summed E-state index contributed by atoms with van der Waals surface area (Å²) >= 11 is 22.6. The van der Waals surface area contributed by atoms with Gasteiger partial charge in [-0.15, -0.1) is 0 Å². The van der Waals surface area contributed by atoms with Gasteiger partial charge in [-0.1, -0.05) is 51.3 Å². The van der Waals surface area contributed by atoms with Crippen molar-refractivity contribution in [1.29, 1.82) is 0 Å². The number of furan rings is 1. The number of halogens is 5. The summed E-state index contributed by atoms with van der Waals surface area (Å²) in [5.41, 5.74) is 4.67. The number of fused-ring (bicyclic) bond motifs is 1. The molecule has 10 heteroatoms. The fourth-order valence-corrected chi connectivity index (χ4v) is 5.39. The molecule has 0 aliphatic heterocycles. The first-order chi connectivity index (χ1) is 15.8. The standard InChI is InChI=1S/C23H13Br3Cl2N2O3/c24-15-7-14-8-20(33-21(14)18(26)9-15)23(31)30-29-10-13-5-17(25)22(19(28)6-13)32-11-12-1-3-16(27)4-2-12/h1-10H,11H2,(H,30,31)/b29-10-. The Hall–Kier alpha value is -1.84. The molecule has 1 heterocycles. The van der Waals surface area contributed by atoms with Crippen LogP contribution in [0.1, 0.15) is 21.7 Å². The Morgan fingerprint density at radius 2 is 1.79 bits per heavy atom. The third-order valence-electron chi connectivity index (χ3n) is 4.46. The Morgan fingerprint density at radius 3 is 2.52 bits per heavy atom. The summed E-state index contributed by atoms with van der Waals surface area (Å²) in [6.07, 6.45) is 1.48. The van der Waals surface area contributed by atoms with Crippen molar-refractivity contribution in [3.63, 3.8) is 0 Å². The van der Waals surface area contributed by atoms with Crippen LogP contribution in [0.5, 0.6) is 5.75 Å². The highest BCUT2D eigenvalue weighted by atomic mass is 79.9. The average Bonchev–Trinajstić information content (AvgIpc) is 3.19. The van der Waals surface area contributed by atoms with Crippen LogP contribution in [0.3, 0.4) is 0 Å². The Bertz CT molecular complexity index is 1350. The predicted molar refractivity (Wildman–Crippen MR) is 142 cm³/mol. The zero-order valence-electron chi connectivity index (χ0n) is 16.5. The summed E-state index contributed by atoms with van der Waals surface area (Å²) in [4.78, 5) is 12.4. The summed E-state index contributed by atoms with van der Waals surface area (Å²) in [6, 6.07) is 16.2. The van der Waals surface area contributed by atoms with E-state index in [0.717, 1.165) is 19.9 Å². The molecule has 0 fully saturated rings. The number of nitrogens with zero attached hydrogens (tertiary/aromatic N) is 1. The molecule has 1 aromatic heterocycles. The van der Waals surface area contributed by atoms with Gasteiger partial charge in [0.15, 0.2) is 11.5 Å². The van der Waals surface area contributed by atoms with E-state index < -0.39 is 5.91 Å². The molecule has 168 valence electrons. The molecule has 5 nitrogen and oxygen atoms in total. The second-order valence-electron chi connectivity index (χ2n) is 6.84. The number of amides is 1. The normalized spacial score (nSPS) is 11.3. The number of ether oxygens (including phenoxy) is 1. The summed E-state index contributed by atoms with van der Waals surface area (Å²) < 4.78 is 13.7. The number of benzene rings is 3. The van der Waals surface area contributed by atoms with Crippen molar-refractivity contribution in [2.45, 2.75) is 6.61 Å². The van der Waals surface area contributed by atoms with E-state index in [2.05, 4.69) is 58.3 Å². The fourth-order valence-electron chi connectivity index (χ4n) is 2.94. The molecule has 0 bridgehead atoms. The van der Waals surface area contributed by atoms with Gasteiger partial charge in [-0.2, -0.15) is 5.10 Å². The van der Waals surface area contributed by atoms with Gasteiger partial charge in [-0.3, -0.25) is 4.79 Å². The van der Waals surface area contributed by atoms with Crippen LogP contribution < -0.4 is 10.2 Å². The monoisotopic (exact) mass is 672 g/mol. The first kappa shape index (κ1) is 24.3. The minimum Gasteiger partial charge on any atom is -0.486 e. The largest absolute Gasteiger partial charge is 0.486 e. The smallest absolute Gasteiger partial charge is 0.307 e. The number of nitrogens with one attached hydrogen (secondary N) is 1. The van der Waals surface area contributed by atoms with Gasteiger partial charge in [0, 0.05) is 14.9 Å². The van der Waals surface area contributed by atoms with Crippen LogP contribution in [0.2, 0.25) is 10.0 Å². The highest BCUT2D eigenvalue weighted by Crippen LogP contribution is 2.35. The number of carbonyl (C=O) groups excluding carboxylic acids is 1. The molecule has 1 N–H and O–H groups in total. The van der Waals surface area contributed by atoms with Crippen LogP contribution in [-0.4, -0.2) is 12.1 Å². The maximum absolute atomic E-state index is 12.4. The van der Waals surface area contributed by atoms with E-state index in [0.29, 0.717) is 38.0 Å². The quantitative estimate of drug-likeness (QED) is 0.165. The SMILES string of the molecule is O=C(N/N=C\c1cc(Cl)c(OCc2ccc(Cl)cc2)c(Br)c1)c1cc2cc(Br)cc(Br)c2o1. The van der Waals surface area contributed by atoms with Crippen LogP contribution in [0.25, 0.3) is 11.0 Å². The minimum atomic E-state index is -0.474. The van der Waals surface area contributed by atoms with E-state index in [1.807, 2.05) is 24.3 Å². The second kappa shape index (κ2) is 10.6. The molecular formula is C23H13Br3Cl2N2O3. The van der Waals surface area contributed by atoms with E-state index in [9.17, 15) is 4.79 Å². The molecule has 3 aromatic carbocycles. The summed E-state index contributed by atoms with van der Waals surface area (Å²) in [7, 11) is 0. The van der Waals surface area contributed by atoms with Gasteiger partial charge in [0.2, 0.25) is 0 Å². The molecule has 0 saturated carbocycles. The zero-order chi connectivity index (χ0) is 23.5. The lowest BCUT2D eigenvalue weighted by Gasteiger charge is -2.11. The zero-order valence-corrected chi connectivity index (χ0v) is 22.8. The second-order valence-corrected chi connectivity index (χ2v) is 10.3. The molecule has 1 amide bonds.